The summed E-state index contributed by atoms with van der Waals surface area (Å²) < 4.78 is 0. The van der Waals surface area contributed by atoms with Crippen molar-refractivity contribution in [3.63, 3.8) is 0 Å². The van der Waals surface area contributed by atoms with Crippen molar-refractivity contribution in [2.45, 2.75) is 26.8 Å². The molecule has 0 aliphatic heterocycles. The van der Waals surface area contributed by atoms with E-state index in [0.29, 0.717) is 5.56 Å². The van der Waals surface area contributed by atoms with Crippen molar-refractivity contribution >= 4 is 17.0 Å². The maximum Gasteiger partial charge on any atom is 0.0991 e. The van der Waals surface area contributed by atoms with E-state index < -0.39 is 0 Å². The van der Waals surface area contributed by atoms with Crippen LogP contribution in [-0.2, 0) is 0 Å². The van der Waals surface area contributed by atoms with Crippen LogP contribution in [-0.4, -0.2) is 4.98 Å². The number of anilines is 1. The van der Waals surface area contributed by atoms with E-state index in [1.807, 2.05) is 31.2 Å². The first-order valence-corrected chi connectivity index (χ1v) is 6.62. The minimum atomic E-state index is 0.169. The minimum Gasteiger partial charge on any atom is -0.377 e. The third kappa shape index (κ3) is 2.69. The largest absolute Gasteiger partial charge is 0.377 e. The lowest BCUT2D eigenvalue weighted by Gasteiger charge is -2.14. The smallest absolute Gasteiger partial charge is 0.0991 e. The van der Waals surface area contributed by atoms with Crippen LogP contribution < -0.4 is 5.32 Å². The Morgan fingerprint density at radius 1 is 1.28 bits per heavy atom. The van der Waals surface area contributed by atoms with Gasteiger partial charge in [-0.2, -0.15) is 5.26 Å². The summed E-state index contributed by atoms with van der Waals surface area (Å²) in [5.74, 6) is 0. The van der Waals surface area contributed by atoms with Crippen LogP contribution in [0, 0.1) is 25.2 Å². The monoisotopic (exact) mass is 257 g/mol. The molecular weight excluding hydrogens is 242 g/mol. The number of benzene rings is 1. The molecule has 0 bridgehead atoms. The molecule has 0 aliphatic carbocycles. The molecule has 0 aliphatic rings. The fourth-order valence-electron chi connectivity index (χ4n) is 1.91. The van der Waals surface area contributed by atoms with Crippen LogP contribution in [0.25, 0.3) is 0 Å². The van der Waals surface area contributed by atoms with Crippen LogP contribution in [0.1, 0.15) is 34.1 Å². The summed E-state index contributed by atoms with van der Waals surface area (Å²) in [5, 5.41) is 13.2. The van der Waals surface area contributed by atoms with Gasteiger partial charge in [0.2, 0.25) is 0 Å². The topological polar surface area (TPSA) is 48.7 Å². The van der Waals surface area contributed by atoms with Crippen LogP contribution in [0.5, 0.6) is 0 Å². The van der Waals surface area contributed by atoms with Crippen molar-refractivity contribution in [3.8, 4) is 6.07 Å². The molecule has 0 spiro atoms. The van der Waals surface area contributed by atoms with E-state index in [0.717, 1.165) is 16.4 Å². The Kier molecular flexibility index (Phi) is 3.63. The maximum atomic E-state index is 8.75. The summed E-state index contributed by atoms with van der Waals surface area (Å²) in [4.78, 5) is 5.79. The molecule has 1 aromatic heterocycles. The average Bonchev–Trinajstić information content (AvgIpc) is 2.69. The number of nitriles is 1. The second-order valence-corrected chi connectivity index (χ2v) is 5.64. The fraction of sp³-hybridized carbons (Fsp3) is 0.286. The van der Waals surface area contributed by atoms with Gasteiger partial charge in [0.15, 0.2) is 0 Å². The lowest BCUT2D eigenvalue weighted by atomic mass is 10.2. The van der Waals surface area contributed by atoms with Crippen molar-refractivity contribution in [1.82, 2.24) is 4.98 Å². The van der Waals surface area contributed by atoms with Crippen molar-refractivity contribution in [3.05, 3.63) is 45.4 Å². The quantitative estimate of drug-likeness (QED) is 0.909. The van der Waals surface area contributed by atoms with E-state index in [-0.39, 0.29) is 6.04 Å². The second-order valence-electron chi connectivity index (χ2n) is 4.23. The zero-order valence-corrected chi connectivity index (χ0v) is 11.5. The van der Waals surface area contributed by atoms with E-state index in [1.165, 1.54) is 4.88 Å². The molecule has 3 nitrogen and oxygen atoms in total. The number of rotatable bonds is 3. The highest BCUT2D eigenvalue weighted by molar-refractivity contribution is 7.11. The lowest BCUT2D eigenvalue weighted by molar-refractivity contribution is 0.837. The SMILES string of the molecule is Cc1nc(C(C)Nc2ccc(C#N)cc2)c(C)s1. The van der Waals surface area contributed by atoms with Crippen LogP contribution in [0.3, 0.4) is 0 Å². The number of thiazole rings is 1. The number of hydrogen-bond donors (Lipinski definition) is 1. The van der Waals surface area contributed by atoms with Crippen molar-refractivity contribution in [1.29, 1.82) is 5.26 Å². The summed E-state index contributed by atoms with van der Waals surface area (Å²) in [7, 11) is 0. The van der Waals surface area contributed by atoms with Gasteiger partial charge in [0, 0.05) is 10.6 Å². The number of aromatic nitrogens is 1. The molecular formula is C14H15N3S. The van der Waals surface area contributed by atoms with Crippen molar-refractivity contribution in [2.24, 2.45) is 0 Å². The molecule has 4 heteroatoms. The van der Waals surface area contributed by atoms with Crippen LogP contribution in [0.4, 0.5) is 5.69 Å². The second kappa shape index (κ2) is 5.19. The maximum absolute atomic E-state index is 8.75. The highest BCUT2D eigenvalue weighted by Gasteiger charge is 2.12. The van der Waals surface area contributed by atoms with E-state index in [2.05, 4.69) is 30.2 Å². The molecule has 1 unspecified atom stereocenters. The number of nitrogens with zero attached hydrogens (tertiary/aromatic N) is 2. The molecule has 18 heavy (non-hydrogen) atoms. The highest BCUT2D eigenvalue weighted by Crippen LogP contribution is 2.25. The molecule has 1 heterocycles. The highest BCUT2D eigenvalue weighted by atomic mass is 32.1. The predicted octanol–water partition coefficient (Wildman–Crippen LogP) is 3.80. The molecule has 1 N–H and O–H groups in total. The van der Waals surface area contributed by atoms with E-state index >= 15 is 0 Å². The summed E-state index contributed by atoms with van der Waals surface area (Å²) in [6.45, 7) is 6.21. The van der Waals surface area contributed by atoms with Crippen molar-refractivity contribution in [2.75, 3.05) is 5.32 Å². The van der Waals surface area contributed by atoms with Crippen LogP contribution in [0.2, 0.25) is 0 Å². The summed E-state index contributed by atoms with van der Waals surface area (Å²) in [6.07, 6.45) is 0. The van der Waals surface area contributed by atoms with Gasteiger partial charge in [-0.1, -0.05) is 0 Å². The van der Waals surface area contributed by atoms with Crippen LogP contribution >= 0.6 is 11.3 Å². The third-order valence-corrected chi connectivity index (χ3v) is 3.65. The molecule has 92 valence electrons. The molecule has 0 fully saturated rings. The van der Waals surface area contributed by atoms with E-state index in [1.54, 1.807) is 11.3 Å². The molecule has 2 aromatic rings. The van der Waals surface area contributed by atoms with Gasteiger partial charge in [-0.3, -0.25) is 0 Å². The first kappa shape index (κ1) is 12.6. The fourth-order valence-corrected chi connectivity index (χ4v) is 2.82. The normalized spacial score (nSPS) is 11.9. The molecule has 1 aromatic carbocycles. The Labute approximate surface area is 111 Å². The van der Waals surface area contributed by atoms with Gasteiger partial charge in [0.25, 0.3) is 0 Å². The van der Waals surface area contributed by atoms with Gasteiger partial charge >= 0.3 is 0 Å². The molecule has 0 saturated carbocycles. The number of nitrogens with one attached hydrogen (secondary N) is 1. The summed E-state index contributed by atoms with van der Waals surface area (Å²) in [5.41, 5.74) is 2.78. The summed E-state index contributed by atoms with van der Waals surface area (Å²) >= 11 is 1.72. The molecule has 2 rings (SSSR count). The van der Waals surface area contributed by atoms with E-state index in [4.69, 9.17) is 5.26 Å². The Bertz CT molecular complexity index is 578. The van der Waals surface area contributed by atoms with Crippen LogP contribution in [0.15, 0.2) is 24.3 Å². The number of hydrogen-bond acceptors (Lipinski definition) is 4. The number of aryl methyl sites for hydroxylation is 2. The van der Waals surface area contributed by atoms with Gasteiger partial charge < -0.3 is 5.32 Å². The Morgan fingerprint density at radius 2 is 1.94 bits per heavy atom. The molecule has 1 atom stereocenters. The standard InChI is InChI=1S/C14H15N3S/c1-9(14-10(2)18-11(3)17-14)16-13-6-4-12(8-15)5-7-13/h4-7,9,16H,1-3H3. The van der Waals surface area contributed by atoms with Gasteiger partial charge in [-0.25, -0.2) is 4.98 Å². The zero-order chi connectivity index (χ0) is 13.1. The minimum absolute atomic E-state index is 0.169. The molecule has 0 saturated heterocycles. The van der Waals surface area contributed by atoms with Crippen molar-refractivity contribution < 1.29 is 0 Å². The lowest BCUT2D eigenvalue weighted by Crippen LogP contribution is -2.08. The Hall–Kier alpha value is -1.86. The zero-order valence-electron chi connectivity index (χ0n) is 10.7. The van der Waals surface area contributed by atoms with Gasteiger partial charge in [-0.15, -0.1) is 11.3 Å². The first-order valence-electron chi connectivity index (χ1n) is 5.81. The van der Waals surface area contributed by atoms with Gasteiger partial charge in [-0.05, 0) is 45.0 Å². The van der Waals surface area contributed by atoms with Gasteiger partial charge in [0.1, 0.15) is 0 Å². The Balaban J connectivity index is 2.13. The summed E-state index contributed by atoms with van der Waals surface area (Å²) in [6, 6.07) is 9.75. The predicted molar refractivity (Wildman–Crippen MR) is 74.8 cm³/mol. The molecule has 0 radical (unpaired) electrons. The third-order valence-electron chi connectivity index (χ3n) is 2.75. The first-order chi connectivity index (χ1) is 8.60. The molecule has 0 amide bonds. The van der Waals surface area contributed by atoms with Gasteiger partial charge in [0.05, 0.1) is 28.4 Å². The average molecular weight is 257 g/mol. The Morgan fingerprint density at radius 3 is 2.44 bits per heavy atom. The van der Waals surface area contributed by atoms with E-state index in [9.17, 15) is 0 Å².